The van der Waals surface area contributed by atoms with Gasteiger partial charge in [-0.25, -0.2) is 4.98 Å². The second-order valence-electron chi connectivity index (χ2n) is 3.13. The molecule has 14 heavy (non-hydrogen) atoms. The van der Waals surface area contributed by atoms with Gasteiger partial charge < -0.3 is 10.2 Å². The summed E-state index contributed by atoms with van der Waals surface area (Å²) in [6, 6.07) is 3.94. The summed E-state index contributed by atoms with van der Waals surface area (Å²) >= 11 is 0. The van der Waals surface area contributed by atoms with Gasteiger partial charge in [0.25, 0.3) is 0 Å². The molecule has 74 valence electrons. The van der Waals surface area contributed by atoms with E-state index in [-0.39, 0.29) is 0 Å². The highest BCUT2D eigenvalue weighted by Crippen LogP contribution is 2.06. The Labute approximate surface area is 85.1 Å². The zero-order chi connectivity index (χ0) is 10.4. The summed E-state index contributed by atoms with van der Waals surface area (Å²) < 4.78 is 0. The lowest BCUT2D eigenvalue weighted by Crippen LogP contribution is -2.10. The van der Waals surface area contributed by atoms with Gasteiger partial charge in [0.2, 0.25) is 0 Å². The molecule has 0 aliphatic rings. The van der Waals surface area contributed by atoms with Crippen LogP contribution in [0.3, 0.4) is 0 Å². The highest BCUT2D eigenvalue weighted by Gasteiger charge is 1.94. The van der Waals surface area contributed by atoms with Crippen LogP contribution in [0.1, 0.15) is 5.56 Å². The second-order valence-corrected chi connectivity index (χ2v) is 3.13. The maximum Gasteiger partial charge on any atom is 0.128 e. The molecule has 0 radical (unpaired) electrons. The fraction of sp³-hybridized carbons (Fsp3) is 0.364. The first-order valence-corrected chi connectivity index (χ1v) is 4.51. The van der Waals surface area contributed by atoms with Crippen LogP contribution in [-0.4, -0.2) is 32.7 Å². The van der Waals surface area contributed by atoms with E-state index in [1.54, 1.807) is 6.20 Å². The number of aromatic nitrogens is 1. The molecule has 0 saturated heterocycles. The van der Waals surface area contributed by atoms with Crippen molar-refractivity contribution in [2.24, 2.45) is 0 Å². The highest BCUT2D eigenvalue weighted by molar-refractivity contribution is 5.41. The molecule has 0 aliphatic heterocycles. The number of pyridine rings is 1. The minimum Gasteiger partial charge on any atom is -0.363 e. The largest absolute Gasteiger partial charge is 0.363 e. The monoisotopic (exact) mass is 189 g/mol. The summed E-state index contributed by atoms with van der Waals surface area (Å²) in [7, 11) is 5.81. The minimum absolute atomic E-state index is 0.704. The predicted octanol–water partition coefficient (Wildman–Crippen LogP) is 0.718. The van der Waals surface area contributed by atoms with Gasteiger partial charge in [-0.2, -0.15) is 0 Å². The van der Waals surface area contributed by atoms with Crippen LogP contribution in [-0.2, 0) is 0 Å². The number of rotatable bonds is 2. The van der Waals surface area contributed by atoms with E-state index in [1.807, 2.05) is 38.2 Å². The summed E-state index contributed by atoms with van der Waals surface area (Å²) in [4.78, 5) is 6.22. The molecule has 1 rings (SSSR count). The van der Waals surface area contributed by atoms with Crippen molar-refractivity contribution in [3.05, 3.63) is 23.9 Å². The van der Waals surface area contributed by atoms with Crippen LogP contribution >= 0.6 is 0 Å². The van der Waals surface area contributed by atoms with Crippen molar-refractivity contribution in [1.29, 1.82) is 0 Å². The Hall–Kier alpha value is -1.53. The molecule has 0 unspecified atom stereocenters. The zero-order valence-electron chi connectivity index (χ0n) is 8.83. The zero-order valence-corrected chi connectivity index (χ0v) is 8.83. The highest BCUT2D eigenvalue weighted by atomic mass is 15.1. The summed E-state index contributed by atoms with van der Waals surface area (Å²) in [5.74, 6) is 6.95. The van der Waals surface area contributed by atoms with Crippen LogP contribution in [0.5, 0.6) is 0 Å². The molecule has 0 aliphatic carbocycles. The quantitative estimate of drug-likeness (QED) is 0.695. The van der Waals surface area contributed by atoms with Gasteiger partial charge in [0.15, 0.2) is 0 Å². The fourth-order valence-electron chi connectivity index (χ4n) is 0.959. The molecule has 1 heterocycles. The Morgan fingerprint density at radius 1 is 1.43 bits per heavy atom. The van der Waals surface area contributed by atoms with E-state index in [0.717, 1.165) is 11.4 Å². The molecule has 1 N–H and O–H groups in total. The first-order chi connectivity index (χ1) is 6.74. The van der Waals surface area contributed by atoms with Crippen LogP contribution in [0, 0.1) is 11.8 Å². The van der Waals surface area contributed by atoms with Crippen LogP contribution in [0.2, 0.25) is 0 Å². The number of hydrogen-bond acceptors (Lipinski definition) is 3. The van der Waals surface area contributed by atoms with Gasteiger partial charge >= 0.3 is 0 Å². The van der Waals surface area contributed by atoms with E-state index in [0.29, 0.717) is 6.54 Å². The Bertz CT molecular complexity index is 330. The topological polar surface area (TPSA) is 28.2 Å². The van der Waals surface area contributed by atoms with E-state index in [9.17, 15) is 0 Å². The fourth-order valence-corrected chi connectivity index (χ4v) is 0.959. The van der Waals surface area contributed by atoms with E-state index < -0.39 is 0 Å². The molecule has 0 amide bonds. The average Bonchev–Trinajstić information content (AvgIpc) is 2.19. The summed E-state index contributed by atoms with van der Waals surface area (Å²) in [6.07, 6.45) is 1.79. The lowest BCUT2D eigenvalue weighted by atomic mass is 10.3. The van der Waals surface area contributed by atoms with Crippen molar-refractivity contribution < 1.29 is 0 Å². The van der Waals surface area contributed by atoms with Crippen molar-refractivity contribution in [1.82, 2.24) is 10.3 Å². The molecule has 0 saturated carbocycles. The molecule has 0 bridgehead atoms. The van der Waals surface area contributed by atoms with E-state index in [4.69, 9.17) is 0 Å². The summed E-state index contributed by atoms with van der Waals surface area (Å²) in [6.45, 7) is 0.704. The Morgan fingerprint density at radius 2 is 2.21 bits per heavy atom. The van der Waals surface area contributed by atoms with E-state index in [2.05, 4.69) is 22.1 Å². The molecule has 3 nitrogen and oxygen atoms in total. The smallest absolute Gasteiger partial charge is 0.128 e. The molecule has 0 atom stereocenters. The van der Waals surface area contributed by atoms with Crippen molar-refractivity contribution in [3.63, 3.8) is 0 Å². The number of nitrogens with one attached hydrogen (secondary N) is 1. The van der Waals surface area contributed by atoms with Gasteiger partial charge in [-0.05, 0) is 19.2 Å². The molecule has 0 fully saturated rings. The summed E-state index contributed by atoms with van der Waals surface area (Å²) in [5, 5.41) is 2.97. The first kappa shape index (κ1) is 10.6. The second kappa shape index (κ2) is 5.25. The van der Waals surface area contributed by atoms with Crippen LogP contribution < -0.4 is 10.2 Å². The van der Waals surface area contributed by atoms with Crippen molar-refractivity contribution in [2.75, 3.05) is 32.6 Å². The van der Waals surface area contributed by atoms with Crippen LogP contribution in [0.25, 0.3) is 0 Å². The molecule has 0 spiro atoms. The van der Waals surface area contributed by atoms with Gasteiger partial charge in [-0.15, -0.1) is 0 Å². The Balaban J connectivity index is 2.70. The Kier molecular flexibility index (Phi) is 3.96. The molecule has 1 aromatic rings. The average molecular weight is 189 g/mol. The minimum atomic E-state index is 0.704. The lowest BCUT2D eigenvalue weighted by Gasteiger charge is -2.09. The number of nitrogens with zero attached hydrogens (tertiary/aromatic N) is 2. The third kappa shape index (κ3) is 3.08. The van der Waals surface area contributed by atoms with E-state index in [1.165, 1.54) is 0 Å². The molecule has 3 heteroatoms. The molecule has 0 aromatic carbocycles. The van der Waals surface area contributed by atoms with Crippen molar-refractivity contribution >= 4 is 5.82 Å². The maximum absolute atomic E-state index is 4.26. The lowest BCUT2D eigenvalue weighted by molar-refractivity contribution is 0.938. The molecule has 1 aromatic heterocycles. The van der Waals surface area contributed by atoms with Crippen molar-refractivity contribution in [3.8, 4) is 11.8 Å². The normalized spacial score (nSPS) is 9.07. The molecular formula is C11H15N3. The van der Waals surface area contributed by atoms with Gasteiger partial charge in [0.05, 0.1) is 6.54 Å². The number of anilines is 1. The first-order valence-electron chi connectivity index (χ1n) is 4.51. The summed E-state index contributed by atoms with van der Waals surface area (Å²) in [5.41, 5.74) is 0.950. The van der Waals surface area contributed by atoms with Crippen LogP contribution in [0.4, 0.5) is 5.82 Å². The SMILES string of the molecule is CNCC#Cc1ccc(N(C)C)nc1. The van der Waals surface area contributed by atoms with Crippen molar-refractivity contribution in [2.45, 2.75) is 0 Å². The van der Waals surface area contributed by atoms with E-state index >= 15 is 0 Å². The van der Waals surface area contributed by atoms with Crippen LogP contribution in [0.15, 0.2) is 18.3 Å². The van der Waals surface area contributed by atoms with Gasteiger partial charge in [-0.3, -0.25) is 0 Å². The third-order valence-electron chi connectivity index (χ3n) is 1.70. The van der Waals surface area contributed by atoms with Gasteiger partial charge in [0, 0.05) is 25.9 Å². The van der Waals surface area contributed by atoms with Gasteiger partial charge in [0.1, 0.15) is 5.82 Å². The Morgan fingerprint density at radius 3 is 2.71 bits per heavy atom. The predicted molar refractivity (Wildman–Crippen MR) is 59.4 cm³/mol. The third-order valence-corrected chi connectivity index (χ3v) is 1.70. The number of hydrogen-bond donors (Lipinski definition) is 1. The van der Waals surface area contributed by atoms with Gasteiger partial charge in [-0.1, -0.05) is 11.8 Å². The standard InChI is InChI=1S/C11H15N3/c1-12-8-4-5-10-6-7-11(13-9-10)14(2)3/h6-7,9,12H,8H2,1-3H3. The molecular weight excluding hydrogens is 174 g/mol. The maximum atomic E-state index is 4.26.